The van der Waals surface area contributed by atoms with Gasteiger partial charge in [0.05, 0.1) is 5.56 Å². The Bertz CT molecular complexity index is 372. The molecule has 106 valence electrons. The molecule has 0 heterocycles. The first kappa shape index (κ1) is 15.5. The number of ether oxygens (including phenoxy) is 1. The first-order valence-corrected chi connectivity index (χ1v) is 6.94. The number of benzene rings is 1. The van der Waals surface area contributed by atoms with Gasteiger partial charge in [0.2, 0.25) is 0 Å². The van der Waals surface area contributed by atoms with Crippen molar-refractivity contribution in [3.05, 3.63) is 29.8 Å². The SMILES string of the molecule is CCNc1ccc(C(=O)OCCN(CC)CC)cc1. The van der Waals surface area contributed by atoms with E-state index in [1.54, 1.807) is 12.1 Å². The van der Waals surface area contributed by atoms with E-state index in [0.717, 1.165) is 31.9 Å². The molecule has 0 spiro atoms. The molecule has 0 aliphatic heterocycles. The van der Waals surface area contributed by atoms with Gasteiger partial charge in [-0.25, -0.2) is 4.79 Å². The summed E-state index contributed by atoms with van der Waals surface area (Å²) < 4.78 is 5.26. The van der Waals surface area contributed by atoms with Crippen LogP contribution in [-0.4, -0.2) is 43.7 Å². The fourth-order valence-corrected chi connectivity index (χ4v) is 1.82. The maximum absolute atomic E-state index is 11.8. The number of esters is 1. The number of rotatable bonds is 8. The Morgan fingerprint density at radius 3 is 2.32 bits per heavy atom. The second kappa shape index (κ2) is 8.53. The largest absolute Gasteiger partial charge is 0.461 e. The Hall–Kier alpha value is -1.55. The van der Waals surface area contributed by atoms with Gasteiger partial charge in [-0.1, -0.05) is 13.8 Å². The van der Waals surface area contributed by atoms with Crippen molar-refractivity contribution < 1.29 is 9.53 Å². The molecule has 1 aromatic rings. The van der Waals surface area contributed by atoms with Crippen molar-refractivity contribution in [1.29, 1.82) is 0 Å². The minimum Gasteiger partial charge on any atom is -0.461 e. The van der Waals surface area contributed by atoms with E-state index in [-0.39, 0.29) is 5.97 Å². The van der Waals surface area contributed by atoms with E-state index in [9.17, 15) is 4.79 Å². The highest BCUT2D eigenvalue weighted by atomic mass is 16.5. The van der Waals surface area contributed by atoms with Gasteiger partial charge in [-0.05, 0) is 44.3 Å². The monoisotopic (exact) mass is 264 g/mol. The van der Waals surface area contributed by atoms with E-state index in [0.29, 0.717) is 12.2 Å². The number of nitrogens with zero attached hydrogens (tertiary/aromatic N) is 1. The van der Waals surface area contributed by atoms with Crippen molar-refractivity contribution in [2.24, 2.45) is 0 Å². The third-order valence-electron chi connectivity index (χ3n) is 3.04. The van der Waals surface area contributed by atoms with Gasteiger partial charge < -0.3 is 15.0 Å². The molecule has 0 aliphatic carbocycles. The highest BCUT2D eigenvalue weighted by Gasteiger charge is 2.07. The lowest BCUT2D eigenvalue weighted by Gasteiger charge is -2.17. The molecule has 4 heteroatoms. The van der Waals surface area contributed by atoms with Gasteiger partial charge in [0.1, 0.15) is 6.61 Å². The van der Waals surface area contributed by atoms with E-state index in [2.05, 4.69) is 24.1 Å². The van der Waals surface area contributed by atoms with E-state index < -0.39 is 0 Å². The molecule has 1 rings (SSSR count). The standard InChI is InChI=1S/C15H24N2O2/c1-4-16-14-9-7-13(8-10-14)15(18)19-12-11-17(5-2)6-3/h7-10,16H,4-6,11-12H2,1-3H3. The smallest absolute Gasteiger partial charge is 0.338 e. The summed E-state index contributed by atoms with van der Waals surface area (Å²) in [5.74, 6) is -0.254. The van der Waals surface area contributed by atoms with Crippen LogP contribution >= 0.6 is 0 Å². The molecule has 0 unspecified atom stereocenters. The lowest BCUT2D eigenvalue weighted by Crippen LogP contribution is -2.27. The molecule has 4 nitrogen and oxygen atoms in total. The van der Waals surface area contributed by atoms with Gasteiger partial charge in [0.15, 0.2) is 0 Å². The Morgan fingerprint density at radius 2 is 1.79 bits per heavy atom. The predicted molar refractivity (Wildman–Crippen MR) is 78.7 cm³/mol. The van der Waals surface area contributed by atoms with Crippen LogP contribution in [0.1, 0.15) is 31.1 Å². The first-order valence-electron chi connectivity index (χ1n) is 6.94. The molecule has 0 saturated carbocycles. The van der Waals surface area contributed by atoms with Crippen molar-refractivity contribution >= 4 is 11.7 Å². The van der Waals surface area contributed by atoms with Gasteiger partial charge in [-0.15, -0.1) is 0 Å². The van der Waals surface area contributed by atoms with Gasteiger partial charge >= 0.3 is 5.97 Å². The van der Waals surface area contributed by atoms with Crippen LogP contribution < -0.4 is 5.32 Å². The second-order valence-corrected chi connectivity index (χ2v) is 4.27. The zero-order valence-electron chi connectivity index (χ0n) is 12.1. The quantitative estimate of drug-likeness (QED) is 0.733. The van der Waals surface area contributed by atoms with E-state index in [1.165, 1.54) is 0 Å². The van der Waals surface area contributed by atoms with Crippen LogP contribution in [-0.2, 0) is 4.74 Å². The van der Waals surface area contributed by atoms with Crippen molar-refractivity contribution in [2.75, 3.05) is 38.1 Å². The summed E-state index contributed by atoms with van der Waals surface area (Å²) in [7, 11) is 0. The first-order chi connectivity index (χ1) is 9.21. The molecule has 1 N–H and O–H groups in total. The summed E-state index contributed by atoms with van der Waals surface area (Å²) >= 11 is 0. The highest BCUT2D eigenvalue weighted by Crippen LogP contribution is 2.10. The van der Waals surface area contributed by atoms with Crippen molar-refractivity contribution in [3.63, 3.8) is 0 Å². The number of hydrogen-bond donors (Lipinski definition) is 1. The Balaban J connectivity index is 2.40. The Kier molecular flexibility index (Phi) is 6.97. The average molecular weight is 264 g/mol. The summed E-state index contributed by atoms with van der Waals surface area (Å²) in [6.07, 6.45) is 0. The Morgan fingerprint density at radius 1 is 1.16 bits per heavy atom. The third kappa shape index (κ3) is 5.30. The summed E-state index contributed by atoms with van der Waals surface area (Å²) in [6.45, 7) is 10.3. The normalized spacial score (nSPS) is 10.5. The number of hydrogen-bond acceptors (Lipinski definition) is 4. The van der Waals surface area contributed by atoms with Crippen LogP contribution in [0, 0.1) is 0 Å². The second-order valence-electron chi connectivity index (χ2n) is 4.27. The van der Waals surface area contributed by atoms with Gasteiger partial charge in [0.25, 0.3) is 0 Å². The lowest BCUT2D eigenvalue weighted by molar-refractivity contribution is 0.0466. The average Bonchev–Trinajstić information content (AvgIpc) is 2.44. The summed E-state index contributed by atoms with van der Waals surface area (Å²) in [5, 5.41) is 3.19. The highest BCUT2D eigenvalue weighted by molar-refractivity contribution is 5.89. The summed E-state index contributed by atoms with van der Waals surface area (Å²) in [4.78, 5) is 14.0. The van der Waals surface area contributed by atoms with Gasteiger partial charge in [0, 0.05) is 18.8 Å². The van der Waals surface area contributed by atoms with Crippen LogP contribution in [0.15, 0.2) is 24.3 Å². The molecular formula is C15H24N2O2. The molecular weight excluding hydrogens is 240 g/mol. The van der Waals surface area contributed by atoms with Gasteiger partial charge in [-0.3, -0.25) is 0 Å². The number of carbonyl (C=O) groups excluding carboxylic acids is 1. The molecule has 0 radical (unpaired) electrons. The topological polar surface area (TPSA) is 41.6 Å². The van der Waals surface area contributed by atoms with Crippen molar-refractivity contribution in [2.45, 2.75) is 20.8 Å². The molecule has 0 aromatic heterocycles. The predicted octanol–water partition coefficient (Wildman–Crippen LogP) is 2.62. The Labute approximate surface area is 115 Å². The van der Waals surface area contributed by atoms with Crippen LogP contribution in [0.3, 0.4) is 0 Å². The number of anilines is 1. The van der Waals surface area contributed by atoms with E-state index >= 15 is 0 Å². The minimum absolute atomic E-state index is 0.254. The van der Waals surface area contributed by atoms with Gasteiger partial charge in [-0.2, -0.15) is 0 Å². The van der Waals surface area contributed by atoms with E-state index in [4.69, 9.17) is 4.74 Å². The number of nitrogens with one attached hydrogen (secondary N) is 1. The lowest BCUT2D eigenvalue weighted by atomic mass is 10.2. The number of carbonyl (C=O) groups is 1. The van der Waals surface area contributed by atoms with E-state index in [1.807, 2.05) is 19.1 Å². The van der Waals surface area contributed by atoms with Crippen molar-refractivity contribution in [3.8, 4) is 0 Å². The molecule has 0 saturated heterocycles. The molecule has 0 amide bonds. The van der Waals surface area contributed by atoms with Crippen LogP contribution in [0.25, 0.3) is 0 Å². The number of likely N-dealkylation sites (N-methyl/N-ethyl adjacent to an activating group) is 1. The van der Waals surface area contributed by atoms with Crippen molar-refractivity contribution in [1.82, 2.24) is 4.90 Å². The van der Waals surface area contributed by atoms with Crippen LogP contribution in [0.5, 0.6) is 0 Å². The molecule has 0 aliphatic rings. The third-order valence-corrected chi connectivity index (χ3v) is 3.04. The zero-order chi connectivity index (χ0) is 14.1. The molecule has 1 aromatic carbocycles. The van der Waals surface area contributed by atoms with Crippen LogP contribution in [0.2, 0.25) is 0 Å². The molecule has 0 bridgehead atoms. The fraction of sp³-hybridized carbons (Fsp3) is 0.533. The summed E-state index contributed by atoms with van der Waals surface area (Å²) in [6, 6.07) is 7.37. The minimum atomic E-state index is -0.254. The summed E-state index contributed by atoms with van der Waals surface area (Å²) in [5.41, 5.74) is 1.61. The maximum atomic E-state index is 11.8. The zero-order valence-corrected chi connectivity index (χ0v) is 12.1. The fourth-order valence-electron chi connectivity index (χ4n) is 1.82. The molecule has 0 fully saturated rings. The van der Waals surface area contributed by atoms with Crippen LogP contribution in [0.4, 0.5) is 5.69 Å². The molecule has 19 heavy (non-hydrogen) atoms. The molecule has 0 atom stereocenters. The maximum Gasteiger partial charge on any atom is 0.338 e.